The van der Waals surface area contributed by atoms with E-state index in [9.17, 15) is 4.79 Å². The second-order valence-electron chi connectivity index (χ2n) is 5.04. The topological polar surface area (TPSA) is 67.8 Å². The number of rotatable bonds is 6. The third kappa shape index (κ3) is 4.63. The number of thioether (sulfide) groups is 1. The number of nitrogens with zero attached hydrogens (tertiary/aromatic N) is 3. The first-order valence-corrected chi connectivity index (χ1v) is 8.47. The molecule has 0 unspecified atom stereocenters. The van der Waals surface area contributed by atoms with Crippen LogP contribution in [0.25, 0.3) is 11.3 Å². The van der Waals surface area contributed by atoms with E-state index in [1.54, 1.807) is 12.4 Å². The molecule has 0 saturated heterocycles. The van der Waals surface area contributed by atoms with Gasteiger partial charge in [-0.15, -0.1) is 10.2 Å². The molecule has 0 fully saturated rings. The standard InChI is InChI=1S/C18H16N4OS/c23-17(20-12-14-4-2-1-3-5-14)13-24-18-7-6-16(21-22-18)15-8-10-19-11-9-15/h1-11H,12-13H2,(H,20,23). The second-order valence-corrected chi connectivity index (χ2v) is 6.04. The molecule has 3 aromatic rings. The summed E-state index contributed by atoms with van der Waals surface area (Å²) >= 11 is 1.37. The Labute approximate surface area is 144 Å². The van der Waals surface area contributed by atoms with Crippen molar-refractivity contribution in [3.63, 3.8) is 0 Å². The fourth-order valence-electron chi connectivity index (χ4n) is 2.06. The minimum Gasteiger partial charge on any atom is -0.351 e. The van der Waals surface area contributed by atoms with Gasteiger partial charge < -0.3 is 5.32 Å². The molecule has 5 nitrogen and oxygen atoms in total. The Balaban J connectivity index is 1.49. The molecule has 24 heavy (non-hydrogen) atoms. The molecule has 0 spiro atoms. The fraction of sp³-hybridized carbons (Fsp3) is 0.111. The summed E-state index contributed by atoms with van der Waals surface area (Å²) < 4.78 is 0. The van der Waals surface area contributed by atoms with Gasteiger partial charge in [0.25, 0.3) is 0 Å². The summed E-state index contributed by atoms with van der Waals surface area (Å²) in [6.07, 6.45) is 3.44. The van der Waals surface area contributed by atoms with Crippen LogP contribution < -0.4 is 5.32 Å². The van der Waals surface area contributed by atoms with Crippen LogP contribution in [-0.2, 0) is 11.3 Å². The first kappa shape index (κ1) is 16.1. The molecule has 0 aliphatic heterocycles. The average Bonchev–Trinajstić information content (AvgIpc) is 2.67. The molecule has 0 aliphatic carbocycles. The van der Waals surface area contributed by atoms with Gasteiger partial charge in [0, 0.05) is 24.5 Å². The van der Waals surface area contributed by atoms with Gasteiger partial charge in [-0.25, -0.2) is 0 Å². The van der Waals surface area contributed by atoms with Crippen LogP contribution in [0, 0.1) is 0 Å². The second kappa shape index (κ2) is 8.21. The molecule has 1 aromatic carbocycles. The van der Waals surface area contributed by atoms with Gasteiger partial charge in [-0.05, 0) is 29.8 Å². The highest BCUT2D eigenvalue weighted by molar-refractivity contribution is 7.99. The van der Waals surface area contributed by atoms with Gasteiger partial charge in [0.2, 0.25) is 5.91 Å². The molecule has 2 aromatic heterocycles. The van der Waals surface area contributed by atoms with E-state index in [0.29, 0.717) is 12.3 Å². The normalized spacial score (nSPS) is 10.3. The van der Waals surface area contributed by atoms with E-state index in [2.05, 4.69) is 20.5 Å². The SMILES string of the molecule is O=C(CSc1ccc(-c2ccncc2)nn1)NCc1ccccc1. The Morgan fingerprint density at radius 3 is 2.46 bits per heavy atom. The molecule has 0 saturated carbocycles. The highest BCUT2D eigenvalue weighted by atomic mass is 32.2. The minimum atomic E-state index is -0.0242. The minimum absolute atomic E-state index is 0.0242. The summed E-state index contributed by atoms with van der Waals surface area (Å²) in [6.45, 7) is 0.535. The molecule has 3 rings (SSSR count). The van der Waals surface area contributed by atoms with Gasteiger partial charge in [-0.2, -0.15) is 0 Å². The van der Waals surface area contributed by atoms with Gasteiger partial charge >= 0.3 is 0 Å². The molecule has 0 bridgehead atoms. The molecule has 1 amide bonds. The number of benzene rings is 1. The van der Waals surface area contributed by atoms with Crippen molar-refractivity contribution in [1.29, 1.82) is 0 Å². The van der Waals surface area contributed by atoms with Crippen LogP contribution in [0.1, 0.15) is 5.56 Å². The molecule has 0 radical (unpaired) electrons. The Hall–Kier alpha value is -2.73. The summed E-state index contributed by atoms with van der Waals surface area (Å²) in [5.74, 6) is 0.291. The lowest BCUT2D eigenvalue weighted by Gasteiger charge is -2.05. The van der Waals surface area contributed by atoms with E-state index in [0.717, 1.165) is 21.8 Å². The quantitative estimate of drug-likeness (QED) is 0.701. The van der Waals surface area contributed by atoms with Crippen molar-refractivity contribution in [3.05, 3.63) is 72.6 Å². The molecule has 1 N–H and O–H groups in total. The molecule has 0 atom stereocenters. The van der Waals surface area contributed by atoms with Crippen LogP contribution in [0.5, 0.6) is 0 Å². The van der Waals surface area contributed by atoms with Crippen molar-refractivity contribution in [2.24, 2.45) is 0 Å². The molecular formula is C18H16N4OS. The summed E-state index contributed by atoms with van der Waals surface area (Å²) in [7, 11) is 0. The summed E-state index contributed by atoms with van der Waals surface area (Å²) in [5.41, 5.74) is 2.84. The highest BCUT2D eigenvalue weighted by Crippen LogP contribution is 2.18. The van der Waals surface area contributed by atoms with Gasteiger partial charge in [-0.1, -0.05) is 42.1 Å². The maximum Gasteiger partial charge on any atom is 0.230 e. The first-order valence-electron chi connectivity index (χ1n) is 7.49. The zero-order chi connectivity index (χ0) is 16.6. The predicted octanol–water partition coefficient (Wildman–Crippen LogP) is 2.95. The number of nitrogens with one attached hydrogen (secondary N) is 1. The number of hydrogen-bond acceptors (Lipinski definition) is 5. The lowest BCUT2D eigenvalue weighted by molar-refractivity contribution is -0.118. The molecule has 6 heteroatoms. The van der Waals surface area contributed by atoms with Crippen molar-refractivity contribution in [2.45, 2.75) is 11.6 Å². The van der Waals surface area contributed by atoms with E-state index in [1.807, 2.05) is 54.6 Å². The van der Waals surface area contributed by atoms with E-state index in [4.69, 9.17) is 0 Å². The maximum atomic E-state index is 11.9. The number of carbonyl (C=O) groups is 1. The van der Waals surface area contributed by atoms with Crippen LogP contribution in [-0.4, -0.2) is 26.8 Å². The van der Waals surface area contributed by atoms with Crippen molar-refractivity contribution in [2.75, 3.05) is 5.75 Å². The largest absolute Gasteiger partial charge is 0.351 e. The Morgan fingerprint density at radius 2 is 1.75 bits per heavy atom. The van der Waals surface area contributed by atoms with E-state index >= 15 is 0 Å². The van der Waals surface area contributed by atoms with E-state index in [-0.39, 0.29) is 5.91 Å². The first-order chi connectivity index (χ1) is 11.8. The molecule has 2 heterocycles. The van der Waals surface area contributed by atoms with E-state index in [1.165, 1.54) is 11.8 Å². The molecule has 0 aliphatic rings. The van der Waals surface area contributed by atoms with Crippen LogP contribution in [0.2, 0.25) is 0 Å². The molecular weight excluding hydrogens is 320 g/mol. The Bertz CT molecular complexity index is 779. The van der Waals surface area contributed by atoms with Crippen LogP contribution >= 0.6 is 11.8 Å². The Kier molecular flexibility index (Phi) is 5.52. The average molecular weight is 336 g/mol. The number of hydrogen-bond donors (Lipinski definition) is 1. The zero-order valence-electron chi connectivity index (χ0n) is 12.9. The van der Waals surface area contributed by atoms with Gasteiger partial charge in [0.05, 0.1) is 11.4 Å². The van der Waals surface area contributed by atoms with E-state index < -0.39 is 0 Å². The lowest BCUT2D eigenvalue weighted by atomic mass is 10.2. The van der Waals surface area contributed by atoms with Crippen LogP contribution in [0.3, 0.4) is 0 Å². The highest BCUT2D eigenvalue weighted by Gasteiger charge is 2.05. The number of pyridine rings is 1. The van der Waals surface area contributed by atoms with Crippen molar-refractivity contribution in [3.8, 4) is 11.3 Å². The monoisotopic (exact) mass is 336 g/mol. The third-order valence-corrected chi connectivity index (χ3v) is 4.22. The maximum absolute atomic E-state index is 11.9. The van der Waals surface area contributed by atoms with Crippen LogP contribution in [0.4, 0.5) is 0 Å². The van der Waals surface area contributed by atoms with Crippen LogP contribution in [0.15, 0.2) is 72.0 Å². The van der Waals surface area contributed by atoms with Crippen molar-refractivity contribution < 1.29 is 4.79 Å². The summed E-state index contributed by atoms with van der Waals surface area (Å²) in [5, 5.41) is 12.0. The summed E-state index contributed by atoms with van der Waals surface area (Å²) in [6, 6.07) is 17.4. The smallest absolute Gasteiger partial charge is 0.230 e. The number of aromatic nitrogens is 3. The number of carbonyl (C=O) groups excluding carboxylic acids is 1. The fourth-order valence-corrected chi connectivity index (χ4v) is 2.70. The van der Waals surface area contributed by atoms with Gasteiger partial charge in [0.15, 0.2) is 0 Å². The lowest BCUT2D eigenvalue weighted by Crippen LogP contribution is -2.24. The Morgan fingerprint density at radius 1 is 0.958 bits per heavy atom. The van der Waals surface area contributed by atoms with Crippen molar-refractivity contribution >= 4 is 17.7 Å². The van der Waals surface area contributed by atoms with Gasteiger partial charge in [0.1, 0.15) is 5.03 Å². The van der Waals surface area contributed by atoms with Crippen molar-refractivity contribution in [1.82, 2.24) is 20.5 Å². The zero-order valence-corrected chi connectivity index (χ0v) is 13.7. The summed E-state index contributed by atoms with van der Waals surface area (Å²) in [4.78, 5) is 15.9. The predicted molar refractivity (Wildman–Crippen MR) is 94.3 cm³/mol. The van der Waals surface area contributed by atoms with Gasteiger partial charge in [-0.3, -0.25) is 9.78 Å². The third-order valence-electron chi connectivity index (χ3n) is 3.30. The number of amides is 1. The molecule has 120 valence electrons.